The number of rotatable bonds is 17. The molecule has 218 valence electrons. The molecule has 0 aliphatic carbocycles. The van der Waals surface area contributed by atoms with Crippen LogP contribution in [0.1, 0.15) is 36.8 Å². The molecule has 0 unspecified atom stereocenters. The Morgan fingerprint density at radius 3 is 1.76 bits per heavy atom. The SMILES string of the molecule is C=CC(=O)OCCCCCCOc1ccc(-c2ccc(/C=C/C(=O)Oc3ccc(CCOC(=O)C=C)cc3)cc2)cc1. The number of carbonyl (C=O) groups excluding carboxylic acids is 3. The van der Waals surface area contributed by atoms with Crippen molar-refractivity contribution < 1.29 is 33.3 Å². The Hall–Kier alpha value is -4.91. The number of hydrogen-bond donors (Lipinski definition) is 0. The minimum atomic E-state index is -0.476. The van der Waals surface area contributed by atoms with E-state index in [1.807, 2.05) is 60.7 Å². The van der Waals surface area contributed by atoms with Gasteiger partial charge in [0.25, 0.3) is 0 Å². The van der Waals surface area contributed by atoms with Crippen LogP contribution in [0.5, 0.6) is 11.5 Å². The molecule has 0 saturated carbocycles. The Kier molecular flexibility index (Phi) is 13.3. The zero-order chi connectivity index (χ0) is 30.0. The normalized spacial score (nSPS) is 10.6. The Morgan fingerprint density at radius 1 is 0.595 bits per heavy atom. The fraction of sp³-hybridized carbons (Fsp3) is 0.229. The summed E-state index contributed by atoms with van der Waals surface area (Å²) < 4.78 is 21.1. The lowest BCUT2D eigenvalue weighted by Crippen LogP contribution is -2.05. The molecular weight excluding hydrogens is 532 g/mol. The summed E-state index contributed by atoms with van der Waals surface area (Å²) in [4.78, 5) is 34.3. The van der Waals surface area contributed by atoms with E-state index < -0.39 is 11.9 Å². The van der Waals surface area contributed by atoms with Crippen LogP contribution in [0.15, 0.2) is 104 Å². The molecule has 0 aliphatic rings. The molecule has 0 bridgehead atoms. The van der Waals surface area contributed by atoms with E-state index in [9.17, 15) is 14.4 Å². The molecule has 0 heterocycles. The van der Waals surface area contributed by atoms with Gasteiger partial charge in [0.15, 0.2) is 0 Å². The van der Waals surface area contributed by atoms with Crippen molar-refractivity contribution in [2.45, 2.75) is 32.1 Å². The van der Waals surface area contributed by atoms with E-state index in [0.717, 1.165) is 59.8 Å². The fourth-order valence-corrected chi connectivity index (χ4v) is 3.88. The van der Waals surface area contributed by atoms with Gasteiger partial charge in [0, 0.05) is 24.6 Å². The van der Waals surface area contributed by atoms with Crippen molar-refractivity contribution in [3.05, 3.63) is 115 Å². The van der Waals surface area contributed by atoms with E-state index in [4.69, 9.17) is 18.9 Å². The first-order chi connectivity index (χ1) is 20.5. The van der Waals surface area contributed by atoms with Gasteiger partial charge in [-0.1, -0.05) is 61.7 Å². The highest BCUT2D eigenvalue weighted by molar-refractivity contribution is 5.88. The summed E-state index contributed by atoms with van der Waals surface area (Å²) in [5, 5.41) is 0. The molecule has 0 radical (unpaired) electrons. The third kappa shape index (κ3) is 11.7. The maximum Gasteiger partial charge on any atom is 0.336 e. The van der Waals surface area contributed by atoms with Gasteiger partial charge in [0.1, 0.15) is 11.5 Å². The molecule has 3 rings (SSSR count). The average molecular weight is 569 g/mol. The number of hydrogen-bond acceptors (Lipinski definition) is 7. The Labute approximate surface area is 247 Å². The number of ether oxygens (including phenoxy) is 4. The predicted molar refractivity (Wildman–Crippen MR) is 163 cm³/mol. The molecule has 0 aromatic heterocycles. The molecule has 0 atom stereocenters. The van der Waals surface area contributed by atoms with Gasteiger partial charge in [-0.15, -0.1) is 0 Å². The minimum absolute atomic E-state index is 0.256. The first-order valence-electron chi connectivity index (χ1n) is 13.9. The van der Waals surface area contributed by atoms with E-state index in [2.05, 4.69) is 13.2 Å². The van der Waals surface area contributed by atoms with Crippen molar-refractivity contribution >= 4 is 24.0 Å². The maximum absolute atomic E-state index is 12.3. The van der Waals surface area contributed by atoms with Gasteiger partial charge in [-0.05, 0) is 78.3 Å². The van der Waals surface area contributed by atoms with Crippen LogP contribution in [-0.4, -0.2) is 37.7 Å². The zero-order valence-electron chi connectivity index (χ0n) is 23.7. The van der Waals surface area contributed by atoms with Crippen LogP contribution in [-0.2, 0) is 30.3 Å². The van der Waals surface area contributed by atoms with Crippen LogP contribution in [0.2, 0.25) is 0 Å². The van der Waals surface area contributed by atoms with E-state index >= 15 is 0 Å². The molecule has 7 heteroatoms. The van der Waals surface area contributed by atoms with E-state index in [1.165, 1.54) is 12.2 Å². The Balaban J connectivity index is 1.37. The second-order valence-electron chi connectivity index (χ2n) is 9.30. The summed E-state index contributed by atoms with van der Waals surface area (Å²) in [5.41, 5.74) is 3.95. The van der Waals surface area contributed by atoms with Gasteiger partial charge in [0.05, 0.1) is 19.8 Å². The van der Waals surface area contributed by atoms with Crippen molar-refractivity contribution in [1.29, 1.82) is 0 Å². The second-order valence-corrected chi connectivity index (χ2v) is 9.30. The van der Waals surface area contributed by atoms with Crippen LogP contribution < -0.4 is 9.47 Å². The lowest BCUT2D eigenvalue weighted by Gasteiger charge is -2.08. The molecular formula is C35H36O7. The third-order valence-electron chi connectivity index (χ3n) is 6.17. The van der Waals surface area contributed by atoms with Crippen LogP contribution in [0.25, 0.3) is 17.2 Å². The lowest BCUT2D eigenvalue weighted by molar-refractivity contribution is -0.138. The van der Waals surface area contributed by atoms with Gasteiger partial charge >= 0.3 is 17.9 Å². The largest absolute Gasteiger partial charge is 0.494 e. The van der Waals surface area contributed by atoms with Gasteiger partial charge < -0.3 is 18.9 Å². The van der Waals surface area contributed by atoms with Gasteiger partial charge in [0.2, 0.25) is 0 Å². The Bertz CT molecular complexity index is 1340. The number of benzene rings is 3. The third-order valence-corrected chi connectivity index (χ3v) is 6.17. The highest BCUT2D eigenvalue weighted by atomic mass is 16.5. The molecule has 3 aromatic carbocycles. The number of esters is 3. The first kappa shape index (κ1) is 31.6. The monoisotopic (exact) mass is 568 g/mol. The zero-order valence-corrected chi connectivity index (χ0v) is 23.7. The summed E-state index contributed by atoms with van der Waals surface area (Å²) in [6.07, 6.45) is 9.71. The van der Waals surface area contributed by atoms with Crippen LogP contribution in [0, 0.1) is 0 Å². The standard InChI is InChI=1S/C35H36O7/c1-3-33(36)40-25-8-6-5-7-24-39-31-20-16-30(17-21-31)29-14-9-27(10-15-29)13-22-35(38)42-32-18-11-28(12-19-32)23-26-41-34(37)4-2/h3-4,9-22H,1-2,5-8,23-26H2/b22-13+. The molecule has 0 amide bonds. The van der Waals surface area contributed by atoms with Crippen LogP contribution >= 0.6 is 0 Å². The number of unbranched alkanes of at least 4 members (excludes halogenated alkanes) is 3. The van der Waals surface area contributed by atoms with Crippen molar-refractivity contribution in [1.82, 2.24) is 0 Å². The van der Waals surface area contributed by atoms with E-state index in [-0.39, 0.29) is 12.6 Å². The molecule has 0 N–H and O–H groups in total. The molecule has 0 saturated heterocycles. The second kappa shape index (κ2) is 17.7. The Morgan fingerprint density at radius 2 is 1.14 bits per heavy atom. The van der Waals surface area contributed by atoms with E-state index in [1.54, 1.807) is 18.2 Å². The summed E-state index contributed by atoms with van der Waals surface area (Å²) in [5.74, 6) is -0.0554. The summed E-state index contributed by atoms with van der Waals surface area (Å²) >= 11 is 0. The highest BCUT2D eigenvalue weighted by Gasteiger charge is 2.04. The van der Waals surface area contributed by atoms with Crippen molar-refractivity contribution in [2.24, 2.45) is 0 Å². The van der Waals surface area contributed by atoms with Crippen molar-refractivity contribution in [3.63, 3.8) is 0 Å². The smallest absolute Gasteiger partial charge is 0.336 e. The first-order valence-corrected chi connectivity index (χ1v) is 13.9. The maximum atomic E-state index is 12.3. The minimum Gasteiger partial charge on any atom is -0.494 e. The van der Waals surface area contributed by atoms with Gasteiger partial charge in [-0.25, -0.2) is 14.4 Å². The highest BCUT2D eigenvalue weighted by Crippen LogP contribution is 2.23. The molecule has 3 aromatic rings. The molecule has 0 aliphatic heterocycles. The van der Waals surface area contributed by atoms with Gasteiger partial charge in [-0.2, -0.15) is 0 Å². The van der Waals surface area contributed by atoms with E-state index in [0.29, 0.717) is 25.4 Å². The van der Waals surface area contributed by atoms with Crippen LogP contribution in [0.3, 0.4) is 0 Å². The summed E-state index contributed by atoms with van der Waals surface area (Å²) in [7, 11) is 0. The predicted octanol–water partition coefficient (Wildman–Crippen LogP) is 6.91. The van der Waals surface area contributed by atoms with Crippen molar-refractivity contribution in [2.75, 3.05) is 19.8 Å². The topological polar surface area (TPSA) is 88.1 Å². The summed E-state index contributed by atoms with van der Waals surface area (Å²) in [6.45, 7) is 8.05. The fourth-order valence-electron chi connectivity index (χ4n) is 3.88. The molecule has 0 fully saturated rings. The summed E-state index contributed by atoms with van der Waals surface area (Å²) in [6, 6.07) is 22.9. The van der Waals surface area contributed by atoms with Crippen LogP contribution in [0.4, 0.5) is 0 Å². The molecule has 42 heavy (non-hydrogen) atoms. The number of carbonyl (C=O) groups is 3. The quantitative estimate of drug-likeness (QED) is 0.0756. The average Bonchev–Trinajstić information content (AvgIpc) is 3.02. The molecule has 7 nitrogen and oxygen atoms in total. The van der Waals surface area contributed by atoms with Crippen molar-refractivity contribution in [3.8, 4) is 22.6 Å². The molecule has 0 spiro atoms. The van der Waals surface area contributed by atoms with Gasteiger partial charge in [-0.3, -0.25) is 0 Å². The lowest BCUT2D eigenvalue weighted by atomic mass is 10.0.